The molecule has 0 radical (unpaired) electrons. The predicted octanol–water partition coefficient (Wildman–Crippen LogP) is 9.59. The third kappa shape index (κ3) is 3.81. The van der Waals surface area contributed by atoms with Gasteiger partial charge in [-0.3, -0.25) is 0 Å². The summed E-state index contributed by atoms with van der Waals surface area (Å²) in [4.78, 5) is 5.01. The molecule has 0 saturated heterocycles. The van der Waals surface area contributed by atoms with Gasteiger partial charge in [-0.15, -0.1) is 11.3 Å². The largest absolute Gasteiger partial charge is 0.311 e. The van der Waals surface area contributed by atoms with Crippen LogP contribution in [0.25, 0.3) is 21.2 Å². The predicted molar refractivity (Wildman–Crippen MR) is 196 cm³/mol. The molecule has 0 saturated carbocycles. The van der Waals surface area contributed by atoms with Gasteiger partial charge in [-0.25, -0.2) is 0 Å². The molecule has 1 aliphatic carbocycles. The lowest BCUT2D eigenvalue weighted by molar-refractivity contribution is 0.686. The van der Waals surface area contributed by atoms with E-state index in [-0.39, 0.29) is 6.71 Å². The van der Waals surface area contributed by atoms with E-state index in [4.69, 9.17) is 0 Å². The van der Waals surface area contributed by atoms with Crippen molar-refractivity contribution in [2.75, 3.05) is 9.80 Å². The Morgan fingerprint density at radius 2 is 1.29 bits per heavy atom. The quantitative estimate of drug-likeness (QED) is 0.183. The second-order valence-electron chi connectivity index (χ2n) is 12.4. The summed E-state index contributed by atoms with van der Waals surface area (Å²) >= 11 is 3.85. The van der Waals surface area contributed by atoms with E-state index in [0.29, 0.717) is 0 Å². The fourth-order valence-electron chi connectivity index (χ4n) is 7.89. The van der Waals surface area contributed by atoms with Crippen LogP contribution in [0.3, 0.4) is 0 Å². The zero-order valence-electron chi connectivity index (χ0n) is 24.7. The Bertz CT molecular complexity index is 2250. The molecule has 10 rings (SSSR count). The maximum Gasteiger partial charge on any atom is 0.277 e. The van der Waals surface area contributed by atoms with E-state index in [0.717, 1.165) is 0 Å². The van der Waals surface area contributed by atoms with E-state index in [9.17, 15) is 0 Å². The fraction of sp³-hybridized carbons (Fsp3) is 0.100. The molecule has 214 valence electrons. The Kier molecular flexibility index (Phi) is 5.70. The number of nitrogens with zero attached hydrogens (tertiary/aromatic N) is 2. The first-order chi connectivity index (χ1) is 22.3. The van der Waals surface area contributed by atoms with Gasteiger partial charge in [0.05, 0.1) is 11.4 Å². The molecule has 0 atom stereocenters. The van der Waals surface area contributed by atoms with Crippen LogP contribution in [-0.4, -0.2) is 6.71 Å². The van der Waals surface area contributed by atoms with Crippen molar-refractivity contribution in [2.24, 2.45) is 0 Å². The average Bonchev–Trinajstić information content (AvgIpc) is 3.74. The van der Waals surface area contributed by atoms with Crippen molar-refractivity contribution in [1.29, 1.82) is 0 Å². The summed E-state index contributed by atoms with van der Waals surface area (Å²) in [6.45, 7) is 0.213. The normalized spacial score (nSPS) is 14.6. The van der Waals surface area contributed by atoms with Gasteiger partial charge in [0.15, 0.2) is 0 Å². The third-order valence-corrected chi connectivity index (χ3v) is 12.1. The molecule has 0 bridgehead atoms. The number of thiophene rings is 2. The Morgan fingerprint density at radius 1 is 0.556 bits per heavy atom. The van der Waals surface area contributed by atoms with Gasteiger partial charge in [-0.05, 0) is 107 Å². The number of fused-ring (bicyclic) bond motifs is 7. The van der Waals surface area contributed by atoms with Crippen molar-refractivity contribution in [3.05, 3.63) is 138 Å². The molecule has 5 heteroatoms. The van der Waals surface area contributed by atoms with Gasteiger partial charge in [-0.2, -0.15) is 11.3 Å². The highest BCUT2D eigenvalue weighted by Gasteiger charge is 2.45. The average molecular weight is 613 g/mol. The minimum atomic E-state index is 0.213. The molecule has 4 heterocycles. The molecule has 2 aliphatic heterocycles. The van der Waals surface area contributed by atoms with Crippen LogP contribution < -0.4 is 24.8 Å². The Morgan fingerprint density at radius 3 is 2.16 bits per heavy atom. The maximum absolute atomic E-state index is 2.54. The molecule has 0 N–H and O–H groups in total. The lowest BCUT2D eigenvalue weighted by atomic mass is 9.39. The first-order valence-corrected chi connectivity index (χ1v) is 17.6. The minimum Gasteiger partial charge on any atom is -0.311 e. The molecule has 0 spiro atoms. The monoisotopic (exact) mass is 612 g/mol. The molecule has 2 nitrogen and oxygen atoms in total. The Hall–Kier alpha value is -4.58. The Labute approximate surface area is 271 Å². The molecule has 0 unspecified atom stereocenters. The highest BCUT2D eigenvalue weighted by atomic mass is 32.1. The van der Waals surface area contributed by atoms with Crippen LogP contribution >= 0.6 is 22.7 Å². The number of rotatable bonds is 3. The van der Waals surface area contributed by atoms with Crippen LogP contribution in [-0.2, 0) is 12.8 Å². The lowest BCUT2D eigenvalue weighted by Gasteiger charge is -2.41. The molecule has 45 heavy (non-hydrogen) atoms. The standard InChI is InChI=1S/C40H29BN2S2/c1-2-11-30(12-3-1)42-33-14-8-15-34-37(33)41(39-35(42)23-24-44-39)40-38(32-13-6-7-16-36(32)45-40)43(34)31-21-19-27(20-22-31)29-18-17-26-9-4-5-10-28(26)25-29/h1-3,6-8,11-25H,4-5,9-10H2. The van der Waals surface area contributed by atoms with E-state index in [1.807, 2.05) is 22.7 Å². The van der Waals surface area contributed by atoms with Crippen LogP contribution in [0.15, 0.2) is 127 Å². The van der Waals surface area contributed by atoms with Crippen molar-refractivity contribution in [3.8, 4) is 11.1 Å². The highest BCUT2D eigenvalue weighted by Crippen LogP contribution is 2.48. The number of para-hydroxylation sites is 1. The van der Waals surface area contributed by atoms with Gasteiger partial charge < -0.3 is 9.80 Å². The van der Waals surface area contributed by atoms with E-state index in [1.54, 1.807) is 0 Å². The smallest absolute Gasteiger partial charge is 0.277 e. The molecule has 3 aliphatic rings. The van der Waals surface area contributed by atoms with Gasteiger partial charge in [0, 0.05) is 42.4 Å². The van der Waals surface area contributed by atoms with Crippen molar-refractivity contribution in [2.45, 2.75) is 25.7 Å². The van der Waals surface area contributed by atoms with E-state index >= 15 is 0 Å². The van der Waals surface area contributed by atoms with Gasteiger partial charge in [-0.1, -0.05) is 72.8 Å². The number of benzene rings is 5. The topological polar surface area (TPSA) is 6.48 Å². The zero-order chi connectivity index (χ0) is 29.5. The van der Waals surface area contributed by atoms with Crippen molar-refractivity contribution >= 4 is 88.6 Å². The van der Waals surface area contributed by atoms with Gasteiger partial charge in [0.1, 0.15) is 0 Å². The second-order valence-corrected chi connectivity index (χ2v) is 14.4. The minimum absolute atomic E-state index is 0.213. The molecular formula is C40H29BN2S2. The maximum atomic E-state index is 2.54. The van der Waals surface area contributed by atoms with Crippen LogP contribution in [0.2, 0.25) is 0 Å². The summed E-state index contributed by atoms with van der Waals surface area (Å²) in [5.41, 5.74) is 14.7. The van der Waals surface area contributed by atoms with Crippen LogP contribution in [0, 0.1) is 0 Å². The van der Waals surface area contributed by atoms with E-state index in [2.05, 4.69) is 137 Å². The van der Waals surface area contributed by atoms with Crippen molar-refractivity contribution in [1.82, 2.24) is 0 Å². The molecule has 0 fully saturated rings. The first-order valence-electron chi connectivity index (χ1n) is 15.9. The summed E-state index contributed by atoms with van der Waals surface area (Å²) in [7, 11) is 0. The van der Waals surface area contributed by atoms with E-state index < -0.39 is 0 Å². The van der Waals surface area contributed by atoms with Crippen molar-refractivity contribution < 1.29 is 0 Å². The number of aryl methyl sites for hydroxylation is 2. The van der Waals surface area contributed by atoms with Crippen LogP contribution in [0.4, 0.5) is 34.1 Å². The van der Waals surface area contributed by atoms with Gasteiger partial charge >= 0.3 is 0 Å². The Balaban J connectivity index is 1.18. The zero-order valence-corrected chi connectivity index (χ0v) is 26.4. The molecule has 5 aromatic carbocycles. The first kappa shape index (κ1) is 25.7. The van der Waals surface area contributed by atoms with Crippen LogP contribution in [0.5, 0.6) is 0 Å². The second kappa shape index (κ2) is 9.97. The SMILES string of the molecule is c1ccc(N2c3ccsc3B3c4sc5ccccc5c4N(c4ccc(-c5ccc6c(c5)CCCC6)cc4)c4cccc2c43)cc1. The van der Waals surface area contributed by atoms with Crippen LogP contribution in [0.1, 0.15) is 24.0 Å². The summed E-state index contributed by atoms with van der Waals surface area (Å²) in [5, 5.41) is 3.60. The summed E-state index contributed by atoms with van der Waals surface area (Å²) in [5.74, 6) is 0. The summed E-state index contributed by atoms with van der Waals surface area (Å²) in [6, 6.07) is 45.4. The number of hydrogen-bond donors (Lipinski definition) is 0. The lowest BCUT2D eigenvalue weighted by Crippen LogP contribution is -2.59. The molecule has 7 aromatic rings. The van der Waals surface area contributed by atoms with E-state index in [1.165, 1.54) is 107 Å². The summed E-state index contributed by atoms with van der Waals surface area (Å²) < 4.78 is 4.21. The van der Waals surface area contributed by atoms with Gasteiger partial charge in [0.2, 0.25) is 0 Å². The number of anilines is 6. The van der Waals surface area contributed by atoms with Gasteiger partial charge in [0.25, 0.3) is 6.71 Å². The molecule has 0 amide bonds. The highest BCUT2D eigenvalue weighted by molar-refractivity contribution is 7.38. The third-order valence-electron chi connectivity index (χ3n) is 9.91. The molecular weight excluding hydrogens is 583 g/mol. The van der Waals surface area contributed by atoms with Crippen molar-refractivity contribution in [3.63, 3.8) is 0 Å². The fourth-order valence-corrected chi connectivity index (χ4v) is 10.3. The summed E-state index contributed by atoms with van der Waals surface area (Å²) in [6.07, 6.45) is 5.04. The molecule has 2 aromatic heterocycles. The number of hydrogen-bond acceptors (Lipinski definition) is 4.